The number of nitrogens with one attached hydrogen (secondary N) is 1. The Labute approximate surface area is 195 Å². The third-order valence-electron chi connectivity index (χ3n) is 6.14. The van der Waals surface area contributed by atoms with Crippen LogP contribution in [0.25, 0.3) is 22.3 Å². The largest absolute Gasteiger partial charge is 0.368 e. The Morgan fingerprint density at radius 2 is 1.88 bits per heavy atom. The van der Waals surface area contributed by atoms with Crippen molar-refractivity contribution < 1.29 is 9.18 Å². The summed E-state index contributed by atoms with van der Waals surface area (Å²) in [6.07, 6.45) is 1.42. The summed E-state index contributed by atoms with van der Waals surface area (Å²) in [7, 11) is 0. The molecule has 0 bridgehead atoms. The molecule has 1 fully saturated rings. The highest BCUT2D eigenvalue weighted by Crippen LogP contribution is 2.42. The van der Waals surface area contributed by atoms with Crippen LogP contribution >= 0.6 is 0 Å². The molecule has 0 saturated carbocycles. The van der Waals surface area contributed by atoms with E-state index in [9.17, 15) is 9.18 Å². The van der Waals surface area contributed by atoms with E-state index in [1.54, 1.807) is 12.1 Å². The Morgan fingerprint density at radius 3 is 2.62 bits per heavy atom. The molecule has 34 heavy (non-hydrogen) atoms. The summed E-state index contributed by atoms with van der Waals surface area (Å²) in [6, 6.07) is 17.0. The molecule has 4 aromatic rings. The molecule has 9 heteroatoms. The van der Waals surface area contributed by atoms with Gasteiger partial charge in [-0.2, -0.15) is 4.98 Å². The third-order valence-corrected chi connectivity index (χ3v) is 6.14. The minimum atomic E-state index is -0.918. The monoisotopic (exact) mass is 457 g/mol. The van der Waals surface area contributed by atoms with Crippen molar-refractivity contribution in [3.05, 3.63) is 77.6 Å². The number of pyridine rings is 1. The Hall–Kier alpha value is -4.27. The molecule has 1 aliphatic rings. The number of halogens is 1. The molecule has 2 aromatic carbocycles. The molecule has 0 radical (unpaired) electrons. The van der Waals surface area contributed by atoms with Gasteiger partial charge in [0.1, 0.15) is 17.0 Å². The molecular formula is C25H24FN7O. The highest BCUT2D eigenvalue weighted by Gasteiger charge is 2.45. The fraction of sp³-hybridized carbons (Fsp3) is 0.200. The third kappa shape index (κ3) is 3.75. The predicted octanol–water partition coefficient (Wildman–Crippen LogP) is 3.84. The molecule has 8 nitrogen and oxygen atoms in total. The van der Waals surface area contributed by atoms with Crippen molar-refractivity contribution in [2.75, 3.05) is 17.2 Å². The molecule has 0 spiro atoms. The van der Waals surface area contributed by atoms with Crippen molar-refractivity contribution in [1.29, 1.82) is 0 Å². The Balaban J connectivity index is 1.71. The van der Waals surface area contributed by atoms with E-state index in [0.29, 0.717) is 35.5 Å². The van der Waals surface area contributed by atoms with Crippen LogP contribution in [0.3, 0.4) is 0 Å². The molecule has 3 heterocycles. The highest BCUT2D eigenvalue weighted by molar-refractivity contribution is 5.89. The van der Waals surface area contributed by atoms with Crippen LogP contribution in [0.1, 0.15) is 24.0 Å². The van der Waals surface area contributed by atoms with Crippen molar-refractivity contribution in [2.45, 2.75) is 25.4 Å². The van der Waals surface area contributed by atoms with Gasteiger partial charge in [-0.15, -0.1) is 0 Å². The summed E-state index contributed by atoms with van der Waals surface area (Å²) in [4.78, 5) is 27.9. The number of fused-ring (bicyclic) bond motifs is 1. The first-order valence-corrected chi connectivity index (χ1v) is 11.0. The number of nitrogens with two attached hydrogens (primary N) is 2. The molecule has 5 N–H and O–H groups in total. The molecular weight excluding hydrogens is 433 g/mol. The SMILES string of the molecule is Cc1cccc([C@]2(NC(N)=O)CCCN2c2nc(N)nc3ccc(-c4ccc(F)cc4)nc23)c1. The number of hydrogen-bond donors (Lipinski definition) is 3. The second-order valence-corrected chi connectivity index (χ2v) is 8.45. The van der Waals surface area contributed by atoms with E-state index < -0.39 is 11.7 Å². The lowest BCUT2D eigenvalue weighted by molar-refractivity contribution is 0.233. The van der Waals surface area contributed by atoms with Crippen LogP contribution in [0.15, 0.2) is 60.7 Å². The number of nitrogens with zero attached hydrogens (tertiary/aromatic N) is 4. The molecule has 5 rings (SSSR count). The van der Waals surface area contributed by atoms with Crippen molar-refractivity contribution in [3.63, 3.8) is 0 Å². The zero-order valence-electron chi connectivity index (χ0n) is 18.6. The first-order valence-electron chi connectivity index (χ1n) is 11.0. The molecule has 172 valence electrons. The van der Waals surface area contributed by atoms with E-state index in [4.69, 9.17) is 16.5 Å². The number of rotatable bonds is 4. The summed E-state index contributed by atoms with van der Waals surface area (Å²) in [6.45, 7) is 2.59. The van der Waals surface area contributed by atoms with Crippen LogP contribution in [0.4, 0.5) is 21.0 Å². The number of nitrogen functional groups attached to an aromatic ring is 1. The van der Waals surface area contributed by atoms with E-state index in [2.05, 4.69) is 15.3 Å². The van der Waals surface area contributed by atoms with E-state index >= 15 is 0 Å². The standard InChI is InChI=1S/C25H24FN7O/c1-15-4-2-5-17(14-15)25(32-24(28)34)12-3-13-33(25)22-21-20(30-23(27)31-22)11-10-19(29-21)16-6-8-18(26)9-7-16/h2,4-11,14H,3,12-13H2,1H3,(H2,27,30,31)(H3,28,32,34)/t25-/m0/s1. The number of carbonyl (C=O) groups excluding carboxylic acids is 1. The van der Waals surface area contributed by atoms with Crippen LogP contribution in [-0.4, -0.2) is 27.5 Å². The minimum Gasteiger partial charge on any atom is -0.368 e. The molecule has 0 unspecified atom stereocenters. The van der Waals surface area contributed by atoms with Crippen LogP contribution < -0.4 is 21.7 Å². The smallest absolute Gasteiger partial charge is 0.314 e. The van der Waals surface area contributed by atoms with Crippen molar-refractivity contribution >= 4 is 28.8 Å². The second kappa shape index (κ2) is 8.26. The van der Waals surface area contributed by atoms with Gasteiger partial charge in [0.25, 0.3) is 0 Å². The second-order valence-electron chi connectivity index (χ2n) is 8.45. The Morgan fingerprint density at radius 1 is 1.09 bits per heavy atom. The number of urea groups is 1. The fourth-order valence-electron chi connectivity index (χ4n) is 4.70. The van der Waals surface area contributed by atoms with Gasteiger partial charge in [-0.05, 0) is 61.7 Å². The predicted molar refractivity (Wildman–Crippen MR) is 129 cm³/mol. The van der Waals surface area contributed by atoms with Gasteiger partial charge in [0.05, 0.1) is 11.2 Å². The summed E-state index contributed by atoms with van der Waals surface area (Å²) >= 11 is 0. The first-order chi connectivity index (χ1) is 16.4. The highest BCUT2D eigenvalue weighted by atomic mass is 19.1. The number of amides is 2. The van der Waals surface area contributed by atoms with E-state index in [1.165, 1.54) is 12.1 Å². The van der Waals surface area contributed by atoms with Crippen molar-refractivity contribution in [2.24, 2.45) is 5.73 Å². The van der Waals surface area contributed by atoms with Gasteiger partial charge in [-0.1, -0.05) is 29.8 Å². The van der Waals surface area contributed by atoms with E-state index in [-0.39, 0.29) is 11.8 Å². The van der Waals surface area contributed by atoms with Gasteiger partial charge in [-0.25, -0.2) is 19.2 Å². The summed E-state index contributed by atoms with van der Waals surface area (Å²) in [5.41, 5.74) is 15.3. The number of anilines is 2. The van der Waals surface area contributed by atoms with Crippen LogP contribution in [0, 0.1) is 12.7 Å². The number of carbonyl (C=O) groups is 1. The Kier molecular flexibility index (Phi) is 5.24. The first kappa shape index (κ1) is 21.6. The lowest BCUT2D eigenvalue weighted by atomic mass is 9.94. The van der Waals surface area contributed by atoms with Gasteiger partial charge in [-0.3, -0.25) is 0 Å². The Bertz CT molecular complexity index is 1390. The molecule has 0 aliphatic carbocycles. The zero-order chi connectivity index (χ0) is 23.9. The fourth-order valence-corrected chi connectivity index (χ4v) is 4.70. The van der Waals surface area contributed by atoms with Gasteiger partial charge in [0.15, 0.2) is 5.82 Å². The van der Waals surface area contributed by atoms with Crippen molar-refractivity contribution in [1.82, 2.24) is 20.3 Å². The molecule has 1 aliphatic heterocycles. The normalized spacial score (nSPS) is 17.8. The van der Waals surface area contributed by atoms with Crippen LogP contribution in [0.5, 0.6) is 0 Å². The van der Waals surface area contributed by atoms with Crippen molar-refractivity contribution in [3.8, 4) is 11.3 Å². The summed E-state index contributed by atoms with van der Waals surface area (Å²) in [5.74, 6) is 0.279. The molecule has 1 saturated heterocycles. The number of primary amides is 1. The van der Waals surface area contributed by atoms with Gasteiger partial charge < -0.3 is 21.7 Å². The van der Waals surface area contributed by atoms with Gasteiger partial charge in [0.2, 0.25) is 5.95 Å². The van der Waals surface area contributed by atoms with E-state index in [0.717, 1.165) is 23.1 Å². The van der Waals surface area contributed by atoms with E-state index in [1.807, 2.05) is 48.2 Å². The number of aromatic nitrogens is 3. The van der Waals surface area contributed by atoms with Crippen LogP contribution in [-0.2, 0) is 5.66 Å². The van der Waals surface area contributed by atoms with Crippen LogP contribution in [0.2, 0.25) is 0 Å². The number of benzene rings is 2. The topological polar surface area (TPSA) is 123 Å². The lowest BCUT2D eigenvalue weighted by Crippen LogP contribution is -2.56. The molecule has 2 amide bonds. The molecule has 2 aromatic heterocycles. The lowest BCUT2D eigenvalue weighted by Gasteiger charge is -2.40. The maximum absolute atomic E-state index is 13.4. The average Bonchev–Trinajstić information content (AvgIpc) is 3.22. The molecule has 1 atom stereocenters. The maximum Gasteiger partial charge on any atom is 0.314 e. The summed E-state index contributed by atoms with van der Waals surface area (Å²) < 4.78 is 13.4. The number of hydrogen-bond acceptors (Lipinski definition) is 6. The summed E-state index contributed by atoms with van der Waals surface area (Å²) in [5, 5.41) is 2.98. The zero-order valence-corrected chi connectivity index (χ0v) is 18.6. The van der Waals surface area contributed by atoms with Gasteiger partial charge in [0, 0.05) is 12.1 Å². The average molecular weight is 458 g/mol. The number of aryl methyl sites for hydroxylation is 1. The quantitative estimate of drug-likeness (QED) is 0.428. The maximum atomic E-state index is 13.4. The van der Waals surface area contributed by atoms with Gasteiger partial charge >= 0.3 is 6.03 Å². The minimum absolute atomic E-state index is 0.1000.